The molecule has 0 aliphatic carbocycles. The van der Waals surface area contributed by atoms with Gasteiger partial charge in [-0.3, -0.25) is 9.13 Å². The lowest BCUT2D eigenvalue weighted by Crippen LogP contribution is -2.25. The highest BCUT2D eigenvalue weighted by atomic mass is 16.5. The Morgan fingerprint density at radius 3 is 1.49 bits per heavy atom. The smallest absolute Gasteiger partial charge is 0.326 e. The van der Waals surface area contributed by atoms with E-state index in [1.165, 1.54) is 15.6 Å². The summed E-state index contributed by atoms with van der Waals surface area (Å²) in [4.78, 5) is 39.5. The molecule has 7 rings (SSSR count). The molecule has 10 nitrogen and oxygen atoms in total. The summed E-state index contributed by atoms with van der Waals surface area (Å²) < 4.78 is 15.7. The van der Waals surface area contributed by atoms with E-state index < -0.39 is 0 Å². The first kappa shape index (κ1) is 22.8. The van der Waals surface area contributed by atoms with Gasteiger partial charge in [0.15, 0.2) is 23.0 Å². The van der Waals surface area contributed by atoms with Crippen LogP contribution < -0.4 is 31.6 Å². The lowest BCUT2D eigenvalue weighted by molar-refractivity contribution is 0.443. The summed E-state index contributed by atoms with van der Waals surface area (Å²) in [5, 5.41) is 1.32. The van der Waals surface area contributed by atoms with Crippen LogP contribution in [0.4, 0.5) is 11.4 Å². The Hall–Kier alpha value is -4.60. The van der Waals surface area contributed by atoms with Gasteiger partial charge in [-0.15, -0.1) is 0 Å². The zero-order valence-corrected chi connectivity index (χ0v) is 21.4. The van der Waals surface area contributed by atoms with Crippen molar-refractivity contribution < 1.29 is 9.47 Å². The molecule has 2 aromatic heterocycles. The Morgan fingerprint density at radius 2 is 1.11 bits per heavy atom. The summed E-state index contributed by atoms with van der Waals surface area (Å²) in [5.74, 6) is 2.35. The van der Waals surface area contributed by atoms with Crippen molar-refractivity contribution in [3.8, 4) is 23.0 Å². The summed E-state index contributed by atoms with van der Waals surface area (Å²) >= 11 is 0. The summed E-state index contributed by atoms with van der Waals surface area (Å²) in [5.41, 5.74) is 5.29. The van der Waals surface area contributed by atoms with Crippen molar-refractivity contribution >= 4 is 33.4 Å². The Kier molecular flexibility index (Phi) is 4.91. The summed E-state index contributed by atoms with van der Waals surface area (Å²) in [6.45, 7) is 8.09. The number of ether oxygens (including phenoxy) is 2. The predicted molar refractivity (Wildman–Crippen MR) is 141 cm³/mol. The van der Waals surface area contributed by atoms with Gasteiger partial charge in [0, 0.05) is 37.4 Å². The third-order valence-electron chi connectivity index (χ3n) is 6.68. The molecule has 0 spiro atoms. The van der Waals surface area contributed by atoms with Crippen LogP contribution >= 0.6 is 0 Å². The summed E-state index contributed by atoms with van der Waals surface area (Å²) in [7, 11) is 3.41. The van der Waals surface area contributed by atoms with Crippen LogP contribution in [0.3, 0.4) is 0 Å². The zero-order chi connectivity index (χ0) is 26.2. The number of rotatable bonds is 0. The van der Waals surface area contributed by atoms with E-state index in [0.29, 0.717) is 56.1 Å². The molecule has 0 fully saturated rings. The summed E-state index contributed by atoms with van der Waals surface area (Å²) in [6.07, 6.45) is 1.25. The van der Waals surface area contributed by atoms with E-state index in [-0.39, 0.29) is 11.4 Å². The van der Waals surface area contributed by atoms with Gasteiger partial charge >= 0.3 is 11.4 Å². The van der Waals surface area contributed by atoms with Crippen molar-refractivity contribution in [1.29, 1.82) is 0 Å². The van der Waals surface area contributed by atoms with Crippen LogP contribution in [0.5, 0.6) is 23.0 Å². The zero-order valence-electron chi connectivity index (χ0n) is 21.4. The monoisotopic (exact) mass is 498 g/mol. The minimum Gasteiger partial charge on any atom is -0.452 e. The second kappa shape index (κ2) is 7.95. The highest BCUT2D eigenvalue weighted by Gasteiger charge is 2.26. The molecule has 0 amide bonds. The normalized spacial score (nSPS) is 12.7. The van der Waals surface area contributed by atoms with Crippen LogP contribution in [-0.2, 0) is 14.1 Å². The SMILES string of the molecule is CCC.Cc1c2c(c(C)c3c1=Nc1cc4[nH]c(=O)n(C)c4cc1O3)=Nc1cc3[nH]c(=O)n(C)c3cc1O2. The van der Waals surface area contributed by atoms with E-state index in [1.54, 1.807) is 14.1 Å². The van der Waals surface area contributed by atoms with E-state index in [1.807, 2.05) is 38.1 Å². The molecule has 4 heterocycles. The molecule has 0 saturated carbocycles. The molecule has 3 aromatic carbocycles. The second-order valence-electron chi connectivity index (χ2n) is 9.39. The number of hydrogen-bond acceptors (Lipinski definition) is 6. The minimum absolute atomic E-state index is 0.198. The largest absolute Gasteiger partial charge is 0.452 e. The third-order valence-corrected chi connectivity index (χ3v) is 6.68. The average molecular weight is 499 g/mol. The van der Waals surface area contributed by atoms with Gasteiger partial charge in [-0.1, -0.05) is 20.3 Å². The maximum Gasteiger partial charge on any atom is 0.326 e. The molecule has 0 unspecified atom stereocenters. The second-order valence-corrected chi connectivity index (χ2v) is 9.39. The maximum absolute atomic E-state index is 12.1. The van der Waals surface area contributed by atoms with E-state index in [4.69, 9.17) is 19.5 Å². The number of H-pyrrole nitrogens is 2. The van der Waals surface area contributed by atoms with Gasteiger partial charge in [-0.2, -0.15) is 0 Å². The van der Waals surface area contributed by atoms with Crippen LogP contribution in [0.1, 0.15) is 31.4 Å². The Morgan fingerprint density at radius 1 is 0.730 bits per heavy atom. The van der Waals surface area contributed by atoms with Crippen molar-refractivity contribution in [2.75, 3.05) is 0 Å². The first-order chi connectivity index (χ1) is 17.7. The maximum atomic E-state index is 12.1. The van der Waals surface area contributed by atoms with Crippen molar-refractivity contribution in [2.24, 2.45) is 24.1 Å². The van der Waals surface area contributed by atoms with Gasteiger partial charge in [0.2, 0.25) is 0 Å². The average Bonchev–Trinajstić information content (AvgIpc) is 3.31. The lowest BCUT2D eigenvalue weighted by Gasteiger charge is -2.22. The molecule has 188 valence electrons. The number of aromatic amines is 2. The van der Waals surface area contributed by atoms with Gasteiger partial charge < -0.3 is 19.4 Å². The molecule has 2 aliphatic rings. The molecule has 0 bridgehead atoms. The molecular formula is C27H26N6O4. The fourth-order valence-corrected chi connectivity index (χ4v) is 4.72. The van der Waals surface area contributed by atoms with Gasteiger partial charge in [0.05, 0.1) is 22.1 Å². The molecule has 10 heteroatoms. The Bertz CT molecular complexity index is 1880. The topological polar surface area (TPSA) is 119 Å². The van der Waals surface area contributed by atoms with Crippen LogP contribution in [0, 0.1) is 13.8 Å². The number of nitrogens with one attached hydrogen (secondary N) is 2. The van der Waals surface area contributed by atoms with Gasteiger partial charge in [-0.25, -0.2) is 19.6 Å². The standard InChI is InChI=1S/C24H18N6O4.C3H8/c1-9-19-22(34-18-8-16-11(5-13(18)25-19)27-23(31)30(16)4)10(2)20-21(9)33-17-7-15-12(6-14(17)26-20)28-24(32)29(15)3;1-3-2/h5-8H,1-4H3,(H,27,31)(H,28,32);3H2,1-2H3. The highest BCUT2D eigenvalue weighted by molar-refractivity contribution is 5.84. The number of aromatic nitrogens is 4. The number of imidazole rings is 2. The summed E-state index contributed by atoms with van der Waals surface area (Å²) in [6, 6.07) is 7.25. The van der Waals surface area contributed by atoms with E-state index >= 15 is 0 Å². The molecule has 0 saturated heterocycles. The van der Waals surface area contributed by atoms with Crippen LogP contribution in [0.2, 0.25) is 0 Å². The van der Waals surface area contributed by atoms with Gasteiger partial charge in [0.25, 0.3) is 0 Å². The van der Waals surface area contributed by atoms with Crippen molar-refractivity contribution in [3.63, 3.8) is 0 Å². The first-order valence-corrected chi connectivity index (χ1v) is 12.1. The van der Waals surface area contributed by atoms with E-state index in [2.05, 4.69) is 23.8 Å². The molecule has 0 atom stereocenters. The fourth-order valence-electron chi connectivity index (χ4n) is 4.72. The molecule has 37 heavy (non-hydrogen) atoms. The van der Waals surface area contributed by atoms with E-state index in [0.717, 1.165) is 22.2 Å². The predicted octanol–water partition coefficient (Wildman–Crippen LogP) is 4.19. The highest BCUT2D eigenvalue weighted by Crippen LogP contribution is 2.41. The van der Waals surface area contributed by atoms with Gasteiger partial charge in [-0.05, 0) is 26.0 Å². The van der Waals surface area contributed by atoms with Crippen LogP contribution in [0.25, 0.3) is 22.1 Å². The van der Waals surface area contributed by atoms with E-state index in [9.17, 15) is 9.59 Å². The van der Waals surface area contributed by atoms with Crippen molar-refractivity contribution in [3.05, 3.63) is 67.1 Å². The number of fused-ring (bicyclic) bond motifs is 6. The molecule has 0 radical (unpaired) electrons. The molecule has 2 aliphatic heterocycles. The van der Waals surface area contributed by atoms with Crippen LogP contribution in [-0.4, -0.2) is 19.1 Å². The van der Waals surface area contributed by atoms with Gasteiger partial charge in [0.1, 0.15) is 22.1 Å². The Balaban J connectivity index is 0.000000804. The van der Waals surface area contributed by atoms with Crippen molar-refractivity contribution in [2.45, 2.75) is 34.1 Å². The minimum atomic E-state index is -0.198. The number of hydrogen-bond donors (Lipinski definition) is 2. The molecule has 2 N–H and O–H groups in total. The lowest BCUT2D eigenvalue weighted by atomic mass is 10.1. The quantitative estimate of drug-likeness (QED) is 0.326. The number of aryl methyl sites for hydroxylation is 2. The fraction of sp³-hybridized carbons (Fsp3) is 0.259. The van der Waals surface area contributed by atoms with Crippen molar-refractivity contribution in [1.82, 2.24) is 19.1 Å². The molecule has 5 aromatic rings. The Labute approximate surface area is 210 Å². The molecular weight excluding hydrogens is 472 g/mol. The van der Waals surface area contributed by atoms with Crippen LogP contribution in [0.15, 0.2) is 43.8 Å². The first-order valence-electron chi connectivity index (χ1n) is 12.1. The third kappa shape index (κ3) is 3.25. The number of nitrogens with zero attached hydrogens (tertiary/aromatic N) is 4. The number of benzene rings is 3.